The zero-order valence-electron chi connectivity index (χ0n) is 14.4. The number of rotatable bonds is 4. The van der Waals surface area contributed by atoms with E-state index in [-0.39, 0.29) is 11.8 Å². The normalized spacial score (nSPS) is 16.7. The third kappa shape index (κ3) is 3.78. The van der Waals surface area contributed by atoms with Crippen molar-refractivity contribution in [3.63, 3.8) is 0 Å². The largest absolute Gasteiger partial charge is 0.315 e. The number of sulfonamides is 1. The molecular weight excluding hydrogens is 356 g/mol. The summed E-state index contributed by atoms with van der Waals surface area (Å²) in [6, 6.07) is 13.0. The van der Waals surface area contributed by atoms with E-state index in [1.807, 2.05) is 43.3 Å². The summed E-state index contributed by atoms with van der Waals surface area (Å²) in [6.07, 6.45) is 1.11. The summed E-state index contributed by atoms with van der Waals surface area (Å²) in [5.74, 6) is -0.0862. The van der Waals surface area contributed by atoms with Crippen molar-refractivity contribution in [2.24, 2.45) is 5.92 Å². The van der Waals surface area contributed by atoms with Gasteiger partial charge in [-0.2, -0.15) is 4.31 Å². The lowest BCUT2D eigenvalue weighted by Gasteiger charge is -2.32. The Kier molecular flexibility index (Phi) is 5.27. The molecule has 1 aliphatic heterocycles. The van der Waals surface area contributed by atoms with Crippen LogP contribution in [0.25, 0.3) is 0 Å². The molecule has 1 fully saturated rings. The highest BCUT2D eigenvalue weighted by atomic mass is 32.2. The average molecular weight is 379 g/mol. The topological polar surface area (TPSA) is 57.7 Å². The van der Waals surface area contributed by atoms with Crippen molar-refractivity contribution in [2.45, 2.75) is 24.0 Å². The summed E-state index contributed by atoms with van der Waals surface area (Å²) in [5.41, 5.74) is 0.858. The van der Waals surface area contributed by atoms with Crippen LogP contribution in [0, 0.1) is 12.8 Å². The molecule has 5 nitrogen and oxygen atoms in total. The van der Waals surface area contributed by atoms with Gasteiger partial charge >= 0.3 is 0 Å². The van der Waals surface area contributed by atoms with Crippen LogP contribution in [0.3, 0.4) is 0 Å². The van der Waals surface area contributed by atoms with Gasteiger partial charge < -0.3 is 4.90 Å². The fourth-order valence-corrected chi connectivity index (χ4v) is 5.98. The molecule has 0 aliphatic carbocycles. The number of anilines is 1. The van der Waals surface area contributed by atoms with E-state index in [1.165, 1.54) is 15.6 Å². The predicted octanol–water partition coefficient (Wildman–Crippen LogP) is 3.12. The van der Waals surface area contributed by atoms with Crippen LogP contribution in [0.5, 0.6) is 0 Å². The first-order valence-electron chi connectivity index (χ1n) is 8.29. The van der Waals surface area contributed by atoms with E-state index < -0.39 is 10.0 Å². The quantitative estimate of drug-likeness (QED) is 0.821. The first-order valence-corrected chi connectivity index (χ1v) is 10.5. The van der Waals surface area contributed by atoms with Crippen molar-refractivity contribution in [3.8, 4) is 0 Å². The smallest absolute Gasteiger partial charge is 0.252 e. The van der Waals surface area contributed by atoms with Gasteiger partial charge in [-0.3, -0.25) is 4.79 Å². The van der Waals surface area contributed by atoms with Gasteiger partial charge in [-0.15, -0.1) is 11.3 Å². The molecule has 3 rings (SSSR count). The molecule has 0 N–H and O–H groups in total. The van der Waals surface area contributed by atoms with Gasteiger partial charge in [0.15, 0.2) is 0 Å². The van der Waals surface area contributed by atoms with Crippen LogP contribution in [0.15, 0.2) is 46.7 Å². The summed E-state index contributed by atoms with van der Waals surface area (Å²) in [6.45, 7) is 2.67. The highest BCUT2D eigenvalue weighted by molar-refractivity contribution is 7.91. The molecule has 1 aliphatic rings. The van der Waals surface area contributed by atoms with E-state index in [0.717, 1.165) is 10.6 Å². The first-order chi connectivity index (χ1) is 11.9. The second-order valence-electron chi connectivity index (χ2n) is 6.28. The van der Waals surface area contributed by atoms with E-state index in [2.05, 4.69) is 0 Å². The number of carbonyl (C=O) groups excluding carboxylic acids is 1. The van der Waals surface area contributed by atoms with E-state index in [9.17, 15) is 13.2 Å². The van der Waals surface area contributed by atoms with E-state index >= 15 is 0 Å². The number of hydrogen-bond donors (Lipinski definition) is 0. The monoisotopic (exact) mass is 378 g/mol. The summed E-state index contributed by atoms with van der Waals surface area (Å²) in [7, 11) is -1.66. The molecule has 2 aromatic rings. The molecule has 2 heterocycles. The van der Waals surface area contributed by atoms with Crippen LogP contribution in [0.4, 0.5) is 5.69 Å². The molecule has 1 aromatic heterocycles. The Hall–Kier alpha value is -1.70. The van der Waals surface area contributed by atoms with E-state index in [1.54, 1.807) is 18.0 Å². The molecule has 7 heteroatoms. The number of benzene rings is 1. The van der Waals surface area contributed by atoms with Gasteiger partial charge in [-0.25, -0.2) is 8.42 Å². The van der Waals surface area contributed by atoms with Crippen molar-refractivity contribution >= 4 is 33.0 Å². The Morgan fingerprint density at radius 2 is 1.76 bits per heavy atom. The predicted molar refractivity (Wildman–Crippen MR) is 100 cm³/mol. The van der Waals surface area contributed by atoms with Gasteiger partial charge in [0.05, 0.1) is 0 Å². The van der Waals surface area contributed by atoms with E-state index in [4.69, 9.17) is 0 Å². The summed E-state index contributed by atoms with van der Waals surface area (Å²) >= 11 is 1.29. The maximum absolute atomic E-state index is 12.7. The summed E-state index contributed by atoms with van der Waals surface area (Å²) in [5, 5.41) is 0. The molecule has 0 radical (unpaired) electrons. The third-order valence-electron chi connectivity index (χ3n) is 4.59. The Bertz CT molecular complexity index is 838. The van der Waals surface area contributed by atoms with Gasteiger partial charge in [0.2, 0.25) is 5.91 Å². The number of para-hydroxylation sites is 1. The van der Waals surface area contributed by atoms with Crippen molar-refractivity contribution < 1.29 is 13.2 Å². The second kappa shape index (κ2) is 7.27. The zero-order valence-corrected chi connectivity index (χ0v) is 16.0. The molecular formula is C18H22N2O3S2. The lowest BCUT2D eigenvalue weighted by molar-refractivity contribution is -0.123. The van der Waals surface area contributed by atoms with Crippen molar-refractivity contribution in [2.75, 3.05) is 25.0 Å². The Morgan fingerprint density at radius 1 is 1.12 bits per heavy atom. The molecule has 1 amide bonds. The molecule has 25 heavy (non-hydrogen) atoms. The Labute approximate surface area is 152 Å². The highest BCUT2D eigenvalue weighted by Crippen LogP contribution is 2.29. The van der Waals surface area contributed by atoms with Crippen LogP contribution < -0.4 is 4.90 Å². The fraction of sp³-hybridized carbons (Fsp3) is 0.389. The van der Waals surface area contributed by atoms with Crippen LogP contribution in [-0.4, -0.2) is 38.8 Å². The number of amides is 1. The number of nitrogens with zero attached hydrogens (tertiary/aromatic N) is 2. The SMILES string of the molecule is Cc1ccc(S(=O)(=O)N2CCC(C(=O)N(C)c3ccccc3)CC2)s1. The van der Waals surface area contributed by atoms with Gasteiger partial charge in [0.25, 0.3) is 10.0 Å². The molecule has 0 atom stereocenters. The van der Waals surface area contributed by atoms with Crippen molar-refractivity contribution in [1.82, 2.24) is 4.31 Å². The van der Waals surface area contributed by atoms with Crippen LogP contribution in [0.1, 0.15) is 17.7 Å². The highest BCUT2D eigenvalue weighted by Gasteiger charge is 2.33. The molecule has 0 unspecified atom stereocenters. The molecule has 1 saturated heterocycles. The summed E-state index contributed by atoms with van der Waals surface area (Å²) in [4.78, 5) is 15.3. The third-order valence-corrected chi connectivity index (χ3v) is 7.95. The Balaban J connectivity index is 1.65. The number of aryl methyl sites for hydroxylation is 1. The van der Waals surface area contributed by atoms with Gasteiger partial charge in [0, 0.05) is 36.6 Å². The van der Waals surface area contributed by atoms with E-state index in [0.29, 0.717) is 30.1 Å². The van der Waals surface area contributed by atoms with Crippen LogP contribution in [-0.2, 0) is 14.8 Å². The first kappa shape index (κ1) is 18.1. The maximum Gasteiger partial charge on any atom is 0.252 e. The lowest BCUT2D eigenvalue weighted by Crippen LogP contribution is -2.43. The van der Waals surface area contributed by atoms with Gasteiger partial charge in [-0.1, -0.05) is 18.2 Å². The van der Waals surface area contributed by atoms with Crippen molar-refractivity contribution in [3.05, 3.63) is 47.3 Å². The minimum Gasteiger partial charge on any atom is -0.315 e. The molecule has 134 valence electrons. The van der Waals surface area contributed by atoms with Crippen LogP contribution >= 0.6 is 11.3 Å². The van der Waals surface area contributed by atoms with Gasteiger partial charge in [0.1, 0.15) is 4.21 Å². The lowest BCUT2D eigenvalue weighted by atomic mass is 9.96. The molecule has 0 saturated carbocycles. The average Bonchev–Trinajstić information content (AvgIpc) is 3.08. The summed E-state index contributed by atoms with van der Waals surface area (Å²) < 4.78 is 27.2. The van der Waals surface area contributed by atoms with Crippen molar-refractivity contribution in [1.29, 1.82) is 0 Å². The second-order valence-corrected chi connectivity index (χ2v) is 9.73. The standard InChI is InChI=1S/C18H22N2O3S2/c1-14-8-9-17(24-14)25(22,23)20-12-10-15(11-13-20)18(21)19(2)16-6-4-3-5-7-16/h3-9,15H,10-13H2,1-2H3. The number of hydrogen-bond acceptors (Lipinski definition) is 4. The Morgan fingerprint density at radius 3 is 2.32 bits per heavy atom. The molecule has 0 bridgehead atoms. The minimum atomic E-state index is -3.44. The minimum absolute atomic E-state index is 0.0511. The number of carbonyl (C=O) groups is 1. The fourth-order valence-electron chi connectivity index (χ4n) is 3.07. The zero-order chi connectivity index (χ0) is 18.0. The maximum atomic E-state index is 12.7. The number of thiophene rings is 1. The number of piperidine rings is 1. The molecule has 1 aromatic carbocycles. The van der Waals surface area contributed by atoms with Crippen LogP contribution in [0.2, 0.25) is 0 Å². The van der Waals surface area contributed by atoms with Gasteiger partial charge in [-0.05, 0) is 44.0 Å². The molecule has 0 spiro atoms.